The highest BCUT2D eigenvalue weighted by Crippen LogP contribution is 2.17. The van der Waals surface area contributed by atoms with E-state index in [0.29, 0.717) is 5.56 Å². The maximum Gasteiger partial charge on any atom is 0.279 e. The minimum Gasteiger partial charge on any atom is -0.497 e. The van der Waals surface area contributed by atoms with E-state index in [0.717, 1.165) is 33.7 Å². The molecule has 0 unspecified atom stereocenters. The number of aromatic nitrogens is 1. The van der Waals surface area contributed by atoms with E-state index in [1.165, 1.54) is 0 Å². The third-order valence-electron chi connectivity index (χ3n) is 3.57. The highest BCUT2D eigenvalue weighted by atomic mass is 32.1. The Bertz CT molecular complexity index is 891. The molecule has 1 aromatic heterocycles. The standard InChI is InChI=1S/C18H18N2O2S/c1-3-12-20-15-6-4-5-7-16(15)23-18(20)19-17(21)13-8-10-14(22-2)11-9-13/h4-11H,3,12H2,1-2H3. The molecular weight excluding hydrogens is 308 g/mol. The highest BCUT2D eigenvalue weighted by molar-refractivity contribution is 7.16. The molecule has 0 atom stereocenters. The fraction of sp³-hybridized carbons (Fsp3) is 0.222. The van der Waals surface area contributed by atoms with Crippen LogP contribution in [0.1, 0.15) is 23.7 Å². The minimum atomic E-state index is -0.232. The van der Waals surface area contributed by atoms with Crippen molar-refractivity contribution < 1.29 is 9.53 Å². The van der Waals surface area contributed by atoms with Crippen molar-refractivity contribution in [2.45, 2.75) is 19.9 Å². The average Bonchev–Trinajstić information content (AvgIpc) is 2.93. The van der Waals surface area contributed by atoms with Crippen LogP contribution in [0.15, 0.2) is 53.5 Å². The number of thiazole rings is 1. The number of methoxy groups -OCH3 is 1. The third-order valence-corrected chi connectivity index (χ3v) is 4.63. The zero-order valence-electron chi connectivity index (χ0n) is 13.2. The lowest BCUT2D eigenvalue weighted by Crippen LogP contribution is -2.16. The molecule has 0 bridgehead atoms. The molecule has 3 rings (SSSR count). The van der Waals surface area contributed by atoms with E-state index in [4.69, 9.17) is 4.74 Å². The number of amides is 1. The largest absolute Gasteiger partial charge is 0.497 e. The molecule has 118 valence electrons. The Labute approximate surface area is 138 Å². The van der Waals surface area contributed by atoms with Gasteiger partial charge in [-0.2, -0.15) is 4.99 Å². The topological polar surface area (TPSA) is 43.6 Å². The van der Waals surface area contributed by atoms with Gasteiger partial charge in [0, 0.05) is 12.1 Å². The van der Waals surface area contributed by atoms with Crippen molar-refractivity contribution in [3.05, 3.63) is 58.9 Å². The Balaban J connectivity index is 2.05. The Morgan fingerprint density at radius 3 is 2.61 bits per heavy atom. The molecule has 0 fully saturated rings. The van der Waals surface area contributed by atoms with Gasteiger partial charge in [0.25, 0.3) is 5.91 Å². The summed E-state index contributed by atoms with van der Waals surface area (Å²) < 4.78 is 8.37. The zero-order chi connectivity index (χ0) is 16.2. The van der Waals surface area contributed by atoms with E-state index < -0.39 is 0 Å². The second-order valence-electron chi connectivity index (χ2n) is 5.15. The molecule has 3 aromatic rings. The van der Waals surface area contributed by atoms with Crippen molar-refractivity contribution >= 4 is 27.5 Å². The Hall–Kier alpha value is -2.40. The van der Waals surface area contributed by atoms with Crippen LogP contribution in [0.25, 0.3) is 10.2 Å². The first-order valence-electron chi connectivity index (χ1n) is 7.54. The van der Waals surface area contributed by atoms with Gasteiger partial charge in [0.05, 0.1) is 17.3 Å². The number of carbonyl (C=O) groups excluding carboxylic acids is 1. The molecule has 4 nitrogen and oxygen atoms in total. The van der Waals surface area contributed by atoms with E-state index in [2.05, 4.69) is 28.6 Å². The minimum absolute atomic E-state index is 0.232. The summed E-state index contributed by atoms with van der Waals surface area (Å²) in [5, 5.41) is 0. The average molecular weight is 326 g/mol. The summed E-state index contributed by atoms with van der Waals surface area (Å²) in [5.74, 6) is 0.494. The second-order valence-corrected chi connectivity index (χ2v) is 6.16. The molecule has 1 heterocycles. The fourth-order valence-electron chi connectivity index (χ4n) is 2.43. The SMILES string of the molecule is CCCn1c(=NC(=O)c2ccc(OC)cc2)sc2ccccc21. The van der Waals surface area contributed by atoms with E-state index in [1.807, 2.05) is 12.1 Å². The first-order chi connectivity index (χ1) is 11.2. The number of fused-ring (bicyclic) bond motifs is 1. The number of carbonyl (C=O) groups is 1. The van der Waals surface area contributed by atoms with Crippen molar-refractivity contribution in [1.29, 1.82) is 0 Å². The van der Waals surface area contributed by atoms with Gasteiger partial charge in [-0.25, -0.2) is 0 Å². The van der Waals surface area contributed by atoms with Crippen molar-refractivity contribution in [1.82, 2.24) is 4.57 Å². The normalized spacial score (nSPS) is 11.8. The number of ether oxygens (including phenoxy) is 1. The van der Waals surface area contributed by atoms with Crippen LogP contribution >= 0.6 is 11.3 Å². The molecule has 23 heavy (non-hydrogen) atoms. The smallest absolute Gasteiger partial charge is 0.279 e. The van der Waals surface area contributed by atoms with E-state index in [-0.39, 0.29) is 5.91 Å². The summed E-state index contributed by atoms with van der Waals surface area (Å²) in [7, 11) is 1.60. The number of aryl methyl sites for hydroxylation is 1. The number of nitrogens with zero attached hydrogens (tertiary/aromatic N) is 2. The van der Waals surface area contributed by atoms with Gasteiger partial charge in [0.15, 0.2) is 4.80 Å². The van der Waals surface area contributed by atoms with Crippen LogP contribution in [0.4, 0.5) is 0 Å². The van der Waals surface area contributed by atoms with Crippen LogP contribution < -0.4 is 9.54 Å². The lowest BCUT2D eigenvalue weighted by molar-refractivity contribution is 0.0998. The van der Waals surface area contributed by atoms with E-state index >= 15 is 0 Å². The van der Waals surface area contributed by atoms with Crippen molar-refractivity contribution in [3.63, 3.8) is 0 Å². The molecule has 2 aromatic carbocycles. The molecule has 0 saturated heterocycles. The second kappa shape index (κ2) is 6.79. The van der Waals surface area contributed by atoms with Crippen LogP contribution in [0, 0.1) is 0 Å². The highest BCUT2D eigenvalue weighted by Gasteiger charge is 2.08. The van der Waals surface area contributed by atoms with Gasteiger partial charge in [-0.3, -0.25) is 4.79 Å². The number of benzene rings is 2. The van der Waals surface area contributed by atoms with Gasteiger partial charge in [-0.15, -0.1) is 0 Å². The molecule has 0 N–H and O–H groups in total. The van der Waals surface area contributed by atoms with Crippen molar-refractivity contribution in [2.24, 2.45) is 4.99 Å². The van der Waals surface area contributed by atoms with Gasteiger partial charge in [0.1, 0.15) is 5.75 Å². The van der Waals surface area contributed by atoms with Gasteiger partial charge >= 0.3 is 0 Å². The maximum absolute atomic E-state index is 12.4. The third kappa shape index (κ3) is 3.19. The van der Waals surface area contributed by atoms with Crippen LogP contribution in [-0.2, 0) is 6.54 Å². The molecule has 0 spiro atoms. The Kier molecular flexibility index (Phi) is 4.57. The van der Waals surface area contributed by atoms with Gasteiger partial charge < -0.3 is 9.30 Å². The van der Waals surface area contributed by atoms with E-state index in [9.17, 15) is 4.79 Å². The predicted octanol–water partition coefficient (Wildman–Crippen LogP) is 3.86. The molecule has 0 aliphatic carbocycles. The number of rotatable bonds is 4. The predicted molar refractivity (Wildman–Crippen MR) is 93.0 cm³/mol. The summed E-state index contributed by atoms with van der Waals surface area (Å²) in [5.41, 5.74) is 1.69. The van der Waals surface area contributed by atoms with Crippen LogP contribution in [0.5, 0.6) is 5.75 Å². The molecule has 5 heteroatoms. The lowest BCUT2D eigenvalue weighted by atomic mass is 10.2. The van der Waals surface area contributed by atoms with Gasteiger partial charge in [-0.1, -0.05) is 30.4 Å². The number of hydrogen-bond donors (Lipinski definition) is 0. The Morgan fingerprint density at radius 2 is 1.91 bits per heavy atom. The maximum atomic E-state index is 12.4. The summed E-state index contributed by atoms with van der Waals surface area (Å²) in [4.78, 5) is 17.5. The Morgan fingerprint density at radius 1 is 1.17 bits per heavy atom. The quantitative estimate of drug-likeness (QED) is 0.730. The van der Waals surface area contributed by atoms with Crippen molar-refractivity contribution in [3.8, 4) is 5.75 Å². The van der Waals surface area contributed by atoms with Gasteiger partial charge in [-0.05, 0) is 42.8 Å². The van der Waals surface area contributed by atoms with Crippen LogP contribution in [-0.4, -0.2) is 17.6 Å². The lowest BCUT2D eigenvalue weighted by Gasteiger charge is -2.02. The first kappa shape index (κ1) is 15.5. The van der Waals surface area contributed by atoms with E-state index in [1.54, 1.807) is 42.7 Å². The number of para-hydroxylation sites is 1. The molecule has 1 amide bonds. The fourth-order valence-corrected chi connectivity index (χ4v) is 3.49. The summed E-state index contributed by atoms with van der Waals surface area (Å²) in [6.45, 7) is 2.97. The molecule has 0 saturated carbocycles. The first-order valence-corrected chi connectivity index (χ1v) is 8.36. The summed E-state index contributed by atoms with van der Waals surface area (Å²) in [6, 6.07) is 15.2. The molecular formula is C18H18N2O2S. The summed E-state index contributed by atoms with van der Waals surface area (Å²) in [6.07, 6.45) is 0.991. The molecule has 0 radical (unpaired) electrons. The number of hydrogen-bond acceptors (Lipinski definition) is 3. The molecule has 0 aliphatic heterocycles. The van der Waals surface area contributed by atoms with Crippen molar-refractivity contribution in [2.75, 3.05) is 7.11 Å². The monoisotopic (exact) mass is 326 g/mol. The van der Waals surface area contributed by atoms with Gasteiger partial charge in [0.2, 0.25) is 0 Å². The zero-order valence-corrected chi connectivity index (χ0v) is 14.0. The van der Waals surface area contributed by atoms with Crippen LogP contribution in [0.3, 0.4) is 0 Å². The summed E-state index contributed by atoms with van der Waals surface area (Å²) >= 11 is 1.55. The molecule has 0 aliphatic rings. The van der Waals surface area contributed by atoms with Crippen LogP contribution in [0.2, 0.25) is 0 Å².